The maximum absolute atomic E-state index is 13.1. The highest BCUT2D eigenvalue weighted by Gasteiger charge is 2.52. The smallest absolute Gasteiger partial charge is 0.252 e. The van der Waals surface area contributed by atoms with E-state index in [0.29, 0.717) is 18.5 Å². The number of anilines is 1. The van der Waals surface area contributed by atoms with Crippen LogP contribution in [0.5, 0.6) is 0 Å². The normalized spacial score (nSPS) is 22.9. The van der Waals surface area contributed by atoms with E-state index in [2.05, 4.69) is 15.9 Å². The van der Waals surface area contributed by atoms with Crippen LogP contribution in [0, 0.1) is 0 Å². The molecule has 0 saturated heterocycles. The highest BCUT2D eigenvalue weighted by Crippen LogP contribution is 2.43. The van der Waals surface area contributed by atoms with Crippen LogP contribution in [0.1, 0.15) is 27.9 Å². The summed E-state index contributed by atoms with van der Waals surface area (Å²) in [6.45, 7) is 0.679. The van der Waals surface area contributed by atoms with Gasteiger partial charge in [0.25, 0.3) is 5.91 Å². The molecule has 0 aliphatic carbocycles. The summed E-state index contributed by atoms with van der Waals surface area (Å²) in [6, 6.07) is 15.5. The Bertz CT molecular complexity index is 802. The van der Waals surface area contributed by atoms with Crippen molar-refractivity contribution in [2.45, 2.75) is 23.6 Å². The molecule has 2 aromatic rings. The van der Waals surface area contributed by atoms with Crippen molar-refractivity contribution in [3.05, 3.63) is 65.2 Å². The van der Waals surface area contributed by atoms with E-state index in [1.165, 1.54) is 0 Å². The number of hydrogen-bond acceptors (Lipinski definition) is 2. The van der Waals surface area contributed by atoms with E-state index in [9.17, 15) is 9.59 Å². The van der Waals surface area contributed by atoms with Crippen molar-refractivity contribution in [2.75, 3.05) is 11.4 Å². The number of ketones is 1. The number of para-hydroxylation sites is 1. The molecule has 0 fully saturated rings. The Labute approximate surface area is 143 Å². The number of rotatable bonds is 2. The fourth-order valence-corrected chi connectivity index (χ4v) is 4.35. The fraction of sp³-hybridized carbons (Fsp3) is 0.263. The number of nitrogens with zero attached hydrogens (tertiary/aromatic N) is 1. The molecule has 23 heavy (non-hydrogen) atoms. The van der Waals surface area contributed by atoms with Crippen LogP contribution < -0.4 is 4.90 Å². The van der Waals surface area contributed by atoms with Crippen molar-refractivity contribution >= 4 is 33.3 Å². The molecule has 1 unspecified atom stereocenters. The first kappa shape index (κ1) is 14.6. The predicted octanol–water partition coefficient (Wildman–Crippen LogP) is 3.54. The number of halogens is 1. The molecule has 0 spiro atoms. The minimum Gasteiger partial charge on any atom is -0.310 e. The summed E-state index contributed by atoms with van der Waals surface area (Å²) in [6.07, 6.45) is 2.23. The molecular formula is C19H16BrNO2. The molecule has 116 valence electrons. The maximum atomic E-state index is 13.1. The summed E-state index contributed by atoms with van der Waals surface area (Å²) in [7, 11) is 0. The Morgan fingerprint density at radius 1 is 1.04 bits per heavy atom. The summed E-state index contributed by atoms with van der Waals surface area (Å²) in [5, 5.41) is 0. The van der Waals surface area contributed by atoms with Crippen LogP contribution in [-0.2, 0) is 17.6 Å². The number of alkyl halides is 1. The van der Waals surface area contributed by atoms with Gasteiger partial charge in [-0.2, -0.15) is 0 Å². The number of amides is 1. The second-order valence-electron chi connectivity index (χ2n) is 6.17. The largest absolute Gasteiger partial charge is 0.310 e. The Balaban J connectivity index is 1.84. The fourth-order valence-electron chi connectivity index (χ4n) is 3.60. The molecule has 0 aromatic heterocycles. The van der Waals surface area contributed by atoms with Gasteiger partial charge in [-0.05, 0) is 30.0 Å². The Hall–Kier alpha value is -1.94. The van der Waals surface area contributed by atoms with Gasteiger partial charge in [-0.25, -0.2) is 0 Å². The summed E-state index contributed by atoms with van der Waals surface area (Å²) in [5.41, 5.74) is 3.57. The molecule has 2 aromatic carbocycles. The molecule has 0 bridgehead atoms. The third-order valence-corrected chi connectivity index (χ3v) is 5.68. The number of carbonyl (C=O) groups excluding carboxylic acids is 2. The number of hydrogen-bond donors (Lipinski definition) is 0. The topological polar surface area (TPSA) is 37.4 Å². The zero-order valence-electron chi connectivity index (χ0n) is 12.6. The van der Waals surface area contributed by atoms with E-state index in [1.807, 2.05) is 48.5 Å². The Morgan fingerprint density at radius 3 is 2.61 bits per heavy atom. The minimum atomic E-state index is -1.20. The van der Waals surface area contributed by atoms with Crippen molar-refractivity contribution in [3.63, 3.8) is 0 Å². The van der Waals surface area contributed by atoms with Crippen LogP contribution in [0.2, 0.25) is 0 Å². The molecule has 0 saturated carbocycles. The zero-order chi connectivity index (χ0) is 16.0. The lowest BCUT2D eigenvalue weighted by Gasteiger charge is -2.41. The summed E-state index contributed by atoms with van der Waals surface area (Å²) in [4.78, 5) is 28.0. The summed E-state index contributed by atoms with van der Waals surface area (Å²) in [5.74, 6) is -0.257. The molecule has 0 radical (unpaired) electrons. The standard InChI is InChI=1S/C19H16BrNO2/c20-19(12-13-6-2-1-3-7-13)17(22)15-10-4-8-14-9-5-11-21(16(14)15)18(19)23/h1-4,6-8,10H,5,9,11-12H2. The monoisotopic (exact) mass is 369 g/mol. The van der Waals surface area contributed by atoms with E-state index in [4.69, 9.17) is 0 Å². The third-order valence-electron chi connectivity index (χ3n) is 4.70. The Kier molecular flexibility index (Phi) is 3.38. The molecule has 4 rings (SSSR count). The average Bonchev–Trinajstić information content (AvgIpc) is 2.59. The zero-order valence-corrected chi connectivity index (χ0v) is 14.2. The predicted molar refractivity (Wildman–Crippen MR) is 93.3 cm³/mol. The summed E-state index contributed by atoms with van der Waals surface area (Å²) < 4.78 is -1.20. The highest BCUT2D eigenvalue weighted by molar-refractivity contribution is 9.10. The van der Waals surface area contributed by atoms with E-state index < -0.39 is 4.32 Å². The van der Waals surface area contributed by atoms with Gasteiger partial charge in [0.1, 0.15) is 0 Å². The van der Waals surface area contributed by atoms with Crippen molar-refractivity contribution in [1.82, 2.24) is 0 Å². The van der Waals surface area contributed by atoms with Gasteiger partial charge in [-0.3, -0.25) is 9.59 Å². The number of aryl methyl sites for hydroxylation is 1. The first-order valence-corrected chi connectivity index (χ1v) is 8.62. The van der Waals surface area contributed by atoms with E-state index in [1.54, 1.807) is 4.90 Å². The molecule has 4 heteroatoms. The quantitative estimate of drug-likeness (QED) is 0.599. The molecule has 1 atom stereocenters. The number of Topliss-reactive ketones (excluding diaryl/α,β-unsaturated/α-hetero) is 1. The van der Waals surface area contributed by atoms with Crippen molar-refractivity contribution in [1.29, 1.82) is 0 Å². The number of benzene rings is 2. The van der Waals surface area contributed by atoms with Crippen molar-refractivity contribution in [3.8, 4) is 0 Å². The van der Waals surface area contributed by atoms with Gasteiger partial charge in [-0.15, -0.1) is 0 Å². The van der Waals surface area contributed by atoms with Gasteiger partial charge >= 0.3 is 0 Å². The lowest BCUT2D eigenvalue weighted by atomic mass is 9.82. The molecule has 1 amide bonds. The maximum Gasteiger partial charge on any atom is 0.252 e. The molecule has 2 heterocycles. The average molecular weight is 370 g/mol. The molecular weight excluding hydrogens is 354 g/mol. The lowest BCUT2D eigenvalue weighted by Crippen LogP contribution is -2.57. The van der Waals surface area contributed by atoms with Gasteiger partial charge in [0.15, 0.2) is 10.1 Å². The molecule has 2 aliphatic rings. The van der Waals surface area contributed by atoms with Gasteiger partial charge in [0.2, 0.25) is 0 Å². The van der Waals surface area contributed by atoms with Crippen LogP contribution in [0.25, 0.3) is 0 Å². The van der Waals surface area contributed by atoms with Gasteiger partial charge < -0.3 is 4.90 Å². The molecule has 3 nitrogen and oxygen atoms in total. The lowest BCUT2D eigenvalue weighted by molar-refractivity contribution is -0.120. The second-order valence-corrected chi connectivity index (χ2v) is 7.52. The van der Waals surface area contributed by atoms with Gasteiger partial charge in [0.05, 0.1) is 5.69 Å². The summed E-state index contributed by atoms with van der Waals surface area (Å²) >= 11 is 3.52. The van der Waals surface area contributed by atoms with Crippen LogP contribution in [0.3, 0.4) is 0 Å². The SMILES string of the molecule is O=C1c2cccc3c2N(CCC3)C(=O)C1(Br)Cc1ccccc1. The van der Waals surface area contributed by atoms with Crippen LogP contribution in [-0.4, -0.2) is 22.6 Å². The van der Waals surface area contributed by atoms with Gasteiger partial charge in [-0.1, -0.05) is 58.4 Å². The Morgan fingerprint density at radius 2 is 1.83 bits per heavy atom. The van der Waals surface area contributed by atoms with Gasteiger partial charge in [0, 0.05) is 18.5 Å². The van der Waals surface area contributed by atoms with Crippen LogP contribution >= 0.6 is 15.9 Å². The van der Waals surface area contributed by atoms with E-state index in [0.717, 1.165) is 29.7 Å². The second kappa shape index (κ2) is 5.31. The van der Waals surface area contributed by atoms with Crippen LogP contribution in [0.15, 0.2) is 48.5 Å². The van der Waals surface area contributed by atoms with E-state index in [-0.39, 0.29) is 11.7 Å². The highest BCUT2D eigenvalue weighted by atomic mass is 79.9. The van der Waals surface area contributed by atoms with E-state index >= 15 is 0 Å². The first-order chi connectivity index (χ1) is 11.1. The first-order valence-electron chi connectivity index (χ1n) is 7.83. The third kappa shape index (κ3) is 2.16. The molecule has 0 N–H and O–H groups in total. The van der Waals surface area contributed by atoms with Crippen LogP contribution in [0.4, 0.5) is 5.69 Å². The minimum absolute atomic E-state index is 0.124. The van der Waals surface area contributed by atoms with Crippen molar-refractivity contribution < 1.29 is 9.59 Å². The molecule has 2 aliphatic heterocycles. The van der Waals surface area contributed by atoms with Crippen molar-refractivity contribution in [2.24, 2.45) is 0 Å². The number of carbonyl (C=O) groups is 2.